The molecular weight excluding hydrogens is 216 g/mol. The zero-order chi connectivity index (χ0) is 12.0. The zero-order valence-electron chi connectivity index (χ0n) is 10.9. The van der Waals surface area contributed by atoms with Gasteiger partial charge in [-0.15, -0.1) is 0 Å². The molecule has 0 heterocycles. The molecule has 0 fully saturated rings. The molecule has 0 aliphatic heterocycles. The van der Waals surface area contributed by atoms with E-state index in [4.69, 9.17) is 0 Å². The smallest absolute Gasteiger partial charge is 0.0352 e. The summed E-state index contributed by atoms with van der Waals surface area (Å²) < 4.78 is 4.63. The van der Waals surface area contributed by atoms with E-state index in [1.54, 1.807) is 0 Å². The van der Waals surface area contributed by atoms with Crippen LogP contribution in [0.5, 0.6) is 0 Å². The summed E-state index contributed by atoms with van der Waals surface area (Å²) in [7, 11) is 4.20. The molecule has 0 saturated carbocycles. The molecule has 3 heteroatoms. The number of allylic oxidation sites excluding steroid dienone is 2. The second-order valence-corrected chi connectivity index (χ2v) is 5.85. The summed E-state index contributed by atoms with van der Waals surface area (Å²) in [6, 6.07) is 0.614. The van der Waals surface area contributed by atoms with E-state index in [9.17, 15) is 0 Å². The largest absolute Gasteiger partial charge is 0.243 e. The second kappa shape index (κ2) is 7.15. The minimum atomic E-state index is 0.614. The zero-order valence-corrected chi connectivity index (χ0v) is 11.8. The van der Waals surface area contributed by atoms with Gasteiger partial charge in [-0.3, -0.25) is 0 Å². The second-order valence-electron chi connectivity index (χ2n) is 4.49. The van der Waals surface area contributed by atoms with Gasteiger partial charge in [-0.05, 0) is 45.9 Å². The molecule has 0 radical (unpaired) electrons. The first kappa shape index (κ1) is 13.8. The highest BCUT2D eigenvalue weighted by Crippen LogP contribution is 2.22. The Labute approximate surface area is 105 Å². The van der Waals surface area contributed by atoms with Crippen molar-refractivity contribution in [2.24, 2.45) is 0 Å². The first-order chi connectivity index (χ1) is 7.63. The third-order valence-electron chi connectivity index (χ3n) is 2.76. The number of rotatable bonds is 6. The van der Waals surface area contributed by atoms with Gasteiger partial charge in [0.15, 0.2) is 0 Å². The summed E-state index contributed by atoms with van der Waals surface area (Å²) in [5.41, 5.74) is 1.46. The monoisotopic (exact) mass is 240 g/mol. The average molecular weight is 240 g/mol. The van der Waals surface area contributed by atoms with Gasteiger partial charge in [0.05, 0.1) is 0 Å². The highest BCUT2D eigenvalue weighted by atomic mass is 32.2. The molecule has 92 valence electrons. The minimum Gasteiger partial charge on any atom is -0.243 e. The molecule has 0 N–H and O–H groups in total. The maximum Gasteiger partial charge on any atom is 0.0352 e. The van der Waals surface area contributed by atoms with Gasteiger partial charge in [0, 0.05) is 24.7 Å². The lowest BCUT2D eigenvalue weighted by atomic mass is 10.1. The molecule has 0 aromatic rings. The van der Waals surface area contributed by atoms with Crippen molar-refractivity contribution in [3.63, 3.8) is 0 Å². The number of hydrogen-bond donors (Lipinski definition) is 0. The highest BCUT2D eigenvalue weighted by molar-refractivity contribution is 7.94. The van der Waals surface area contributed by atoms with Crippen molar-refractivity contribution >= 4 is 12.1 Å². The third kappa shape index (κ3) is 4.73. The molecule has 0 spiro atoms. The SMILES string of the molecule is CC[C@@H](C)N(CC1=CCCC=C1)SN(C)C. The summed E-state index contributed by atoms with van der Waals surface area (Å²) in [6.07, 6.45) is 10.5. The van der Waals surface area contributed by atoms with E-state index in [0.29, 0.717) is 6.04 Å². The van der Waals surface area contributed by atoms with Gasteiger partial charge in [0.2, 0.25) is 0 Å². The van der Waals surface area contributed by atoms with Crippen molar-refractivity contribution in [3.8, 4) is 0 Å². The van der Waals surface area contributed by atoms with E-state index in [-0.39, 0.29) is 0 Å². The Morgan fingerprint density at radius 1 is 1.38 bits per heavy atom. The molecule has 0 unspecified atom stereocenters. The van der Waals surface area contributed by atoms with Gasteiger partial charge < -0.3 is 0 Å². The van der Waals surface area contributed by atoms with Crippen LogP contribution in [0.3, 0.4) is 0 Å². The number of nitrogens with zero attached hydrogens (tertiary/aromatic N) is 2. The molecule has 1 atom stereocenters. The molecule has 2 nitrogen and oxygen atoms in total. The van der Waals surface area contributed by atoms with Crippen LogP contribution < -0.4 is 0 Å². The number of hydrogen-bond acceptors (Lipinski definition) is 3. The predicted octanol–water partition coefficient (Wildman–Crippen LogP) is 3.49. The molecular formula is C13H24N2S. The summed E-state index contributed by atoms with van der Waals surface area (Å²) in [4.78, 5) is 0. The van der Waals surface area contributed by atoms with E-state index >= 15 is 0 Å². The van der Waals surface area contributed by atoms with Crippen molar-refractivity contribution in [2.45, 2.75) is 39.2 Å². The van der Waals surface area contributed by atoms with E-state index in [2.05, 4.69) is 54.8 Å². The van der Waals surface area contributed by atoms with Crippen molar-refractivity contribution in [2.75, 3.05) is 20.6 Å². The van der Waals surface area contributed by atoms with Crippen molar-refractivity contribution in [1.82, 2.24) is 8.61 Å². The maximum absolute atomic E-state index is 2.46. The van der Waals surface area contributed by atoms with Gasteiger partial charge in [0.25, 0.3) is 0 Å². The quantitative estimate of drug-likeness (QED) is 0.656. The van der Waals surface area contributed by atoms with Crippen LogP contribution >= 0.6 is 12.1 Å². The fourth-order valence-corrected chi connectivity index (χ4v) is 2.58. The maximum atomic E-state index is 2.46. The van der Waals surface area contributed by atoms with Crippen molar-refractivity contribution in [1.29, 1.82) is 0 Å². The lowest BCUT2D eigenvalue weighted by Gasteiger charge is -2.29. The highest BCUT2D eigenvalue weighted by Gasteiger charge is 2.15. The van der Waals surface area contributed by atoms with E-state index in [1.165, 1.54) is 24.8 Å². The van der Waals surface area contributed by atoms with Crippen LogP contribution in [0.15, 0.2) is 23.8 Å². The summed E-state index contributed by atoms with van der Waals surface area (Å²) in [5, 5.41) is 0. The summed E-state index contributed by atoms with van der Waals surface area (Å²) in [5.74, 6) is 0. The van der Waals surface area contributed by atoms with E-state index in [0.717, 1.165) is 6.54 Å². The first-order valence-electron chi connectivity index (χ1n) is 6.11. The van der Waals surface area contributed by atoms with Crippen LogP contribution in [0.2, 0.25) is 0 Å². The Morgan fingerprint density at radius 2 is 2.12 bits per heavy atom. The fraction of sp³-hybridized carbons (Fsp3) is 0.692. The molecule has 0 bridgehead atoms. The van der Waals surface area contributed by atoms with Gasteiger partial charge in [-0.25, -0.2) is 8.61 Å². The molecule has 1 aliphatic carbocycles. The van der Waals surface area contributed by atoms with E-state index < -0.39 is 0 Å². The summed E-state index contributed by atoms with van der Waals surface area (Å²) >= 11 is 1.82. The average Bonchev–Trinajstić information content (AvgIpc) is 2.28. The fourth-order valence-electron chi connectivity index (χ4n) is 1.64. The Kier molecular flexibility index (Phi) is 6.17. The molecule has 0 aromatic heterocycles. The Hall–Kier alpha value is -0.250. The van der Waals surface area contributed by atoms with Crippen LogP contribution in [0, 0.1) is 0 Å². The van der Waals surface area contributed by atoms with Crippen LogP contribution in [0.1, 0.15) is 33.1 Å². The summed E-state index contributed by atoms with van der Waals surface area (Å²) in [6.45, 7) is 5.59. The molecule has 1 rings (SSSR count). The third-order valence-corrected chi connectivity index (χ3v) is 3.79. The standard InChI is InChI=1S/C13H24N2S/c1-5-12(2)15(16-14(3)4)11-13-9-7-6-8-10-13/h7,9-10,12H,5-6,8,11H2,1-4H3/t12-/m1/s1. The molecule has 16 heavy (non-hydrogen) atoms. The minimum absolute atomic E-state index is 0.614. The van der Waals surface area contributed by atoms with Gasteiger partial charge in [0.1, 0.15) is 0 Å². The van der Waals surface area contributed by atoms with Crippen LogP contribution in [-0.4, -0.2) is 35.3 Å². The van der Waals surface area contributed by atoms with Crippen molar-refractivity contribution in [3.05, 3.63) is 23.8 Å². The van der Waals surface area contributed by atoms with Gasteiger partial charge >= 0.3 is 0 Å². The molecule has 1 aliphatic rings. The van der Waals surface area contributed by atoms with Gasteiger partial charge in [-0.1, -0.05) is 25.2 Å². The topological polar surface area (TPSA) is 6.48 Å². The Balaban J connectivity index is 2.55. The first-order valence-corrected chi connectivity index (χ1v) is 6.84. The van der Waals surface area contributed by atoms with Crippen LogP contribution in [0.4, 0.5) is 0 Å². The predicted molar refractivity (Wildman–Crippen MR) is 74.2 cm³/mol. The Bertz CT molecular complexity index is 259. The Morgan fingerprint density at radius 3 is 2.62 bits per heavy atom. The normalized spacial score (nSPS) is 18.0. The van der Waals surface area contributed by atoms with Crippen LogP contribution in [-0.2, 0) is 0 Å². The molecule has 0 aromatic carbocycles. The molecule has 0 saturated heterocycles. The van der Waals surface area contributed by atoms with Gasteiger partial charge in [-0.2, -0.15) is 0 Å². The van der Waals surface area contributed by atoms with Crippen molar-refractivity contribution < 1.29 is 0 Å². The lowest BCUT2D eigenvalue weighted by Crippen LogP contribution is -2.31. The molecule has 0 amide bonds. The van der Waals surface area contributed by atoms with E-state index in [1.807, 2.05) is 12.1 Å². The lowest BCUT2D eigenvalue weighted by molar-refractivity contribution is 0.378. The van der Waals surface area contributed by atoms with Crippen LogP contribution in [0.25, 0.3) is 0 Å².